The SMILES string of the molecule is C=C(CC1C[C@@H](C)CC[C@@H]1CC1CCO[C@H](C(=C)CCCCCCCCCCCCC=O)C1)C1CC(C)(C)C2=C1C=C(Cc1ccc(F)cc1)C(=O)C2. The van der Waals surface area contributed by atoms with E-state index in [0.29, 0.717) is 30.6 Å². The van der Waals surface area contributed by atoms with Crippen LogP contribution in [0.4, 0.5) is 4.39 Å². The summed E-state index contributed by atoms with van der Waals surface area (Å²) in [5.41, 5.74) is 7.18. The Morgan fingerprint density at radius 1 is 0.887 bits per heavy atom. The fourth-order valence-corrected chi connectivity index (χ4v) is 10.3. The van der Waals surface area contributed by atoms with Crippen LogP contribution in [0.2, 0.25) is 0 Å². The molecule has 5 rings (SSSR count). The molecule has 0 bridgehead atoms. The van der Waals surface area contributed by atoms with E-state index in [0.717, 1.165) is 74.4 Å². The molecule has 0 radical (unpaired) electrons. The first-order chi connectivity index (χ1) is 25.5. The second-order valence-electron chi connectivity index (χ2n) is 18.3. The van der Waals surface area contributed by atoms with E-state index >= 15 is 0 Å². The molecule has 4 heteroatoms. The Kier molecular flexibility index (Phi) is 16.0. The molecule has 1 saturated heterocycles. The molecule has 1 heterocycles. The molecule has 3 unspecified atom stereocenters. The minimum Gasteiger partial charge on any atom is -0.374 e. The van der Waals surface area contributed by atoms with Crippen LogP contribution < -0.4 is 0 Å². The van der Waals surface area contributed by atoms with E-state index in [9.17, 15) is 14.0 Å². The molecule has 1 saturated carbocycles. The first kappa shape index (κ1) is 41.6. The highest BCUT2D eigenvalue weighted by molar-refractivity contribution is 5.99. The zero-order chi connectivity index (χ0) is 37.8. The fourth-order valence-electron chi connectivity index (χ4n) is 10.3. The molecule has 53 heavy (non-hydrogen) atoms. The number of ketones is 1. The number of rotatable bonds is 21. The summed E-state index contributed by atoms with van der Waals surface area (Å²) in [5, 5.41) is 0. The predicted octanol–water partition coefficient (Wildman–Crippen LogP) is 13.2. The molecular formula is C49H71FO3. The maximum Gasteiger partial charge on any atom is 0.163 e. The molecule has 0 aromatic heterocycles. The standard InChI is InChI=1S/C49H71FO3/c1-35-18-21-40(30-39-24-26-53-48(31-39)36(2)17-15-13-11-9-7-6-8-10-12-14-16-25-51)41(27-35)28-37(3)45-34-49(4,5)46-33-47(52)42(32-44(45)46)29-38-19-22-43(50)23-20-38/h19-20,22-23,25,32,35,39-41,45,48H,2-3,6-18,21,24,26-31,33-34H2,1,4-5H3/t35-,39?,40+,41?,45?,48-/m0/s1. The zero-order valence-electron chi connectivity index (χ0n) is 33.7. The van der Waals surface area contributed by atoms with Crippen LogP contribution in [0.5, 0.6) is 0 Å². The van der Waals surface area contributed by atoms with Gasteiger partial charge in [0.2, 0.25) is 0 Å². The van der Waals surface area contributed by atoms with E-state index < -0.39 is 0 Å². The summed E-state index contributed by atoms with van der Waals surface area (Å²) >= 11 is 0. The van der Waals surface area contributed by atoms with Crippen molar-refractivity contribution in [3.8, 4) is 0 Å². The molecule has 0 amide bonds. The lowest BCUT2D eigenvalue weighted by atomic mass is 9.67. The Balaban J connectivity index is 1.10. The maximum absolute atomic E-state index is 13.6. The Morgan fingerprint density at radius 3 is 2.26 bits per heavy atom. The van der Waals surface area contributed by atoms with E-state index in [-0.39, 0.29) is 23.1 Å². The predicted molar refractivity (Wildman–Crippen MR) is 218 cm³/mol. The average molecular weight is 727 g/mol. The molecule has 3 aliphatic carbocycles. The second kappa shape index (κ2) is 20.4. The summed E-state index contributed by atoms with van der Waals surface area (Å²) in [7, 11) is 0. The summed E-state index contributed by atoms with van der Waals surface area (Å²) in [6.07, 6.45) is 28.7. The largest absolute Gasteiger partial charge is 0.374 e. The van der Waals surface area contributed by atoms with E-state index in [1.54, 1.807) is 12.1 Å². The Labute approximate surface area is 322 Å². The lowest BCUT2D eigenvalue weighted by molar-refractivity contribution is -0.115. The number of Topliss-reactive ketones (excluding diaryl/α,β-unsaturated/α-hetero) is 1. The minimum absolute atomic E-state index is 0.00571. The molecule has 0 spiro atoms. The van der Waals surface area contributed by atoms with E-state index in [1.165, 1.54) is 124 Å². The van der Waals surface area contributed by atoms with Crippen molar-refractivity contribution in [3.05, 3.63) is 82.7 Å². The molecular weight excluding hydrogens is 656 g/mol. The van der Waals surface area contributed by atoms with Gasteiger partial charge in [0.1, 0.15) is 12.1 Å². The summed E-state index contributed by atoms with van der Waals surface area (Å²) in [6, 6.07) is 6.59. The number of benzene rings is 1. The number of unbranched alkanes of at least 4 members (excludes halogenated alkanes) is 10. The lowest BCUT2D eigenvalue weighted by Crippen LogP contribution is -2.32. The average Bonchev–Trinajstić information content (AvgIpc) is 3.40. The normalized spacial score (nSPS) is 27.0. The topological polar surface area (TPSA) is 43.4 Å². The second-order valence-corrected chi connectivity index (χ2v) is 18.3. The summed E-state index contributed by atoms with van der Waals surface area (Å²) < 4.78 is 19.9. The van der Waals surface area contributed by atoms with Gasteiger partial charge in [-0.1, -0.05) is 121 Å². The third-order valence-electron chi connectivity index (χ3n) is 13.6. The van der Waals surface area contributed by atoms with Gasteiger partial charge < -0.3 is 9.53 Å². The molecule has 4 aliphatic rings. The molecule has 2 fully saturated rings. The van der Waals surface area contributed by atoms with Crippen LogP contribution in [0.3, 0.4) is 0 Å². The number of hydrogen-bond acceptors (Lipinski definition) is 3. The first-order valence-corrected chi connectivity index (χ1v) is 21.7. The number of carbonyl (C=O) groups is 2. The Bertz CT molecular complexity index is 1450. The van der Waals surface area contributed by atoms with Crippen LogP contribution >= 0.6 is 0 Å². The van der Waals surface area contributed by atoms with Gasteiger partial charge in [-0.15, -0.1) is 0 Å². The smallest absolute Gasteiger partial charge is 0.163 e. The Morgan fingerprint density at radius 2 is 1.57 bits per heavy atom. The van der Waals surface area contributed by atoms with Crippen molar-refractivity contribution in [2.75, 3.05) is 6.61 Å². The summed E-state index contributed by atoms with van der Waals surface area (Å²) in [4.78, 5) is 23.8. The highest BCUT2D eigenvalue weighted by atomic mass is 19.1. The van der Waals surface area contributed by atoms with E-state index in [4.69, 9.17) is 11.3 Å². The summed E-state index contributed by atoms with van der Waals surface area (Å²) in [6.45, 7) is 17.3. The molecule has 1 aromatic carbocycles. The van der Waals surface area contributed by atoms with Crippen molar-refractivity contribution in [2.24, 2.45) is 35.0 Å². The highest BCUT2D eigenvalue weighted by Gasteiger charge is 2.43. The van der Waals surface area contributed by atoms with Crippen molar-refractivity contribution < 1.29 is 18.7 Å². The van der Waals surface area contributed by atoms with Crippen LogP contribution in [0.25, 0.3) is 0 Å². The van der Waals surface area contributed by atoms with E-state index in [2.05, 4.69) is 33.4 Å². The lowest BCUT2D eigenvalue weighted by Gasteiger charge is -2.40. The quantitative estimate of drug-likeness (QED) is 0.0720. The minimum atomic E-state index is -0.242. The third kappa shape index (κ3) is 12.2. The number of ether oxygens (including phenoxy) is 1. The number of carbonyl (C=O) groups excluding carboxylic acids is 2. The molecule has 1 aromatic rings. The van der Waals surface area contributed by atoms with Crippen LogP contribution in [0.1, 0.15) is 161 Å². The monoisotopic (exact) mass is 727 g/mol. The van der Waals surface area contributed by atoms with Gasteiger partial charge in [-0.3, -0.25) is 4.79 Å². The van der Waals surface area contributed by atoms with Gasteiger partial charge in [0.05, 0.1) is 6.10 Å². The molecule has 292 valence electrons. The van der Waals surface area contributed by atoms with Crippen molar-refractivity contribution in [1.82, 2.24) is 0 Å². The van der Waals surface area contributed by atoms with Gasteiger partial charge in [0.25, 0.3) is 0 Å². The zero-order valence-corrected chi connectivity index (χ0v) is 33.7. The number of halogens is 1. The van der Waals surface area contributed by atoms with Crippen molar-refractivity contribution >= 4 is 12.1 Å². The van der Waals surface area contributed by atoms with E-state index in [1.807, 2.05) is 0 Å². The molecule has 0 N–H and O–H groups in total. The molecule has 6 atom stereocenters. The van der Waals surface area contributed by atoms with Gasteiger partial charge in [-0.05, 0) is 122 Å². The van der Waals surface area contributed by atoms with Crippen LogP contribution in [0, 0.1) is 40.8 Å². The Hall–Kier alpha value is -2.59. The number of allylic oxidation sites excluding steroid dienone is 5. The van der Waals surface area contributed by atoms with Gasteiger partial charge in [-0.2, -0.15) is 0 Å². The van der Waals surface area contributed by atoms with Crippen LogP contribution in [-0.2, 0) is 20.7 Å². The fraction of sp³-hybridized carbons (Fsp3) is 0.673. The van der Waals surface area contributed by atoms with Crippen molar-refractivity contribution in [2.45, 2.75) is 168 Å². The van der Waals surface area contributed by atoms with Crippen molar-refractivity contribution in [1.29, 1.82) is 0 Å². The highest BCUT2D eigenvalue weighted by Crippen LogP contribution is 2.54. The third-order valence-corrected chi connectivity index (χ3v) is 13.6. The molecule has 3 nitrogen and oxygen atoms in total. The van der Waals surface area contributed by atoms with Crippen LogP contribution in [0.15, 0.2) is 71.4 Å². The molecule has 1 aliphatic heterocycles. The van der Waals surface area contributed by atoms with Gasteiger partial charge >= 0.3 is 0 Å². The first-order valence-electron chi connectivity index (χ1n) is 21.7. The van der Waals surface area contributed by atoms with Gasteiger partial charge in [-0.25, -0.2) is 4.39 Å². The van der Waals surface area contributed by atoms with Gasteiger partial charge in [0, 0.05) is 37.4 Å². The van der Waals surface area contributed by atoms with Crippen molar-refractivity contribution in [3.63, 3.8) is 0 Å². The summed E-state index contributed by atoms with van der Waals surface area (Å²) in [5.74, 6) is 3.14. The van der Waals surface area contributed by atoms with Gasteiger partial charge in [0.15, 0.2) is 5.78 Å². The maximum atomic E-state index is 13.6. The number of hydrogen-bond donors (Lipinski definition) is 0. The van der Waals surface area contributed by atoms with Crippen LogP contribution in [-0.4, -0.2) is 24.8 Å². The number of aldehydes is 1.